The maximum Gasteiger partial charge on any atom is 0.269 e. The zero-order chi connectivity index (χ0) is 13.7. The summed E-state index contributed by atoms with van der Waals surface area (Å²) < 4.78 is 0. The Bertz CT molecular complexity index is 619. The summed E-state index contributed by atoms with van der Waals surface area (Å²) in [5.41, 5.74) is 1.69. The molecule has 0 aromatic heterocycles. The molecule has 0 spiro atoms. The van der Waals surface area contributed by atoms with E-state index in [1.165, 1.54) is 24.3 Å². The monoisotopic (exact) mass is 255 g/mol. The Morgan fingerprint density at radius 3 is 1.79 bits per heavy atom. The zero-order valence-corrected chi connectivity index (χ0v) is 9.76. The molecule has 2 aromatic carbocycles. The molecular formula is C13H9N3O3. The highest BCUT2D eigenvalue weighted by Gasteiger charge is 2.02. The Labute approximate surface area is 108 Å². The predicted molar refractivity (Wildman–Crippen MR) is 69.1 cm³/mol. The minimum atomic E-state index is -0.473. The summed E-state index contributed by atoms with van der Waals surface area (Å²) in [5, 5.41) is 18.4. The molecule has 0 saturated heterocycles. The first-order chi connectivity index (χ1) is 9.19. The van der Waals surface area contributed by atoms with E-state index in [-0.39, 0.29) is 5.69 Å². The van der Waals surface area contributed by atoms with Gasteiger partial charge in [-0.05, 0) is 36.4 Å². The van der Waals surface area contributed by atoms with Gasteiger partial charge in [0, 0.05) is 17.7 Å². The Hall–Kier alpha value is -2.89. The molecule has 2 rings (SSSR count). The van der Waals surface area contributed by atoms with Gasteiger partial charge in [0.05, 0.1) is 16.3 Å². The predicted octanol–water partition coefficient (Wildman–Crippen LogP) is 3.82. The fourth-order valence-corrected chi connectivity index (χ4v) is 1.38. The second kappa shape index (κ2) is 5.63. The first-order valence-electron chi connectivity index (χ1n) is 5.40. The van der Waals surface area contributed by atoms with Crippen molar-refractivity contribution in [2.45, 2.75) is 0 Å². The van der Waals surface area contributed by atoms with Crippen LogP contribution in [0.2, 0.25) is 0 Å². The Morgan fingerprint density at radius 1 is 0.895 bits per heavy atom. The number of carbonyl (C=O) groups is 1. The van der Waals surface area contributed by atoms with E-state index in [0.717, 1.165) is 6.29 Å². The first-order valence-corrected chi connectivity index (χ1v) is 5.40. The lowest BCUT2D eigenvalue weighted by Gasteiger charge is -1.94. The maximum atomic E-state index is 10.5. The van der Waals surface area contributed by atoms with Crippen molar-refractivity contribution < 1.29 is 9.72 Å². The molecule has 0 aliphatic carbocycles. The van der Waals surface area contributed by atoms with Crippen molar-refractivity contribution in [2.75, 3.05) is 0 Å². The summed E-state index contributed by atoms with van der Waals surface area (Å²) in [6.07, 6.45) is 0.747. The molecule has 0 unspecified atom stereocenters. The third kappa shape index (κ3) is 3.29. The van der Waals surface area contributed by atoms with Crippen LogP contribution in [-0.2, 0) is 0 Å². The molecule has 6 heteroatoms. The van der Waals surface area contributed by atoms with E-state index in [1.807, 2.05) is 0 Å². The maximum absolute atomic E-state index is 10.5. The number of benzene rings is 2. The van der Waals surface area contributed by atoms with Crippen LogP contribution in [0.4, 0.5) is 17.1 Å². The van der Waals surface area contributed by atoms with E-state index in [0.29, 0.717) is 16.9 Å². The van der Waals surface area contributed by atoms with Crippen molar-refractivity contribution in [3.05, 3.63) is 64.2 Å². The number of hydrogen-bond donors (Lipinski definition) is 0. The molecule has 0 radical (unpaired) electrons. The molecule has 94 valence electrons. The molecule has 19 heavy (non-hydrogen) atoms. The average molecular weight is 255 g/mol. The number of nitro groups is 1. The molecule has 0 saturated carbocycles. The minimum absolute atomic E-state index is 0.00860. The molecule has 6 nitrogen and oxygen atoms in total. The third-order valence-corrected chi connectivity index (χ3v) is 2.37. The highest BCUT2D eigenvalue weighted by atomic mass is 16.6. The second-order valence-electron chi connectivity index (χ2n) is 3.68. The molecule has 0 aliphatic heterocycles. The van der Waals surface area contributed by atoms with Crippen LogP contribution in [0.3, 0.4) is 0 Å². The largest absolute Gasteiger partial charge is 0.298 e. The van der Waals surface area contributed by atoms with Gasteiger partial charge in [-0.15, -0.1) is 0 Å². The van der Waals surface area contributed by atoms with Crippen LogP contribution >= 0.6 is 0 Å². The van der Waals surface area contributed by atoms with Crippen molar-refractivity contribution in [3.63, 3.8) is 0 Å². The summed E-state index contributed by atoms with van der Waals surface area (Å²) in [6, 6.07) is 12.4. The topological polar surface area (TPSA) is 84.9 Å². The Balaban J connectivity index is 2.12. The SMILES string of the molecule is O=Cc1ccc(N=Nc2ccc([N+](=O)[O-])cc2)cc1. The summed E-state index contributed by atoms with van der Waals surface area (Å²) in [7, 11) is 0. The number of rotatable bonds is 4. The van der Waals surface area contributed by atoms with Crippen molar-refractivity contribution in [1.29, 1.82) is 0 Å². The van der Waals surface area contributed by atoms with Gasteiger partial charge in [0.1, 0.15) is 6.29 Å². The van der Waals surface area contributed by atoms with Crippen LogP contribution in [-0.4, -0.2) is 11.2 Å². The summed E-state index contributed by atoms with van der Waals surface area (Å²) in [5.74, 6) is 0. The van der Waals surface area contributed by atoms with Crippen LogP contribution in [0.1, 0.15) is 10.4 Å². The molecule has 2 aromatic rings. The Morgan fingerprint density at radius 2 is 1.37 bits per heavy atom. The number of carbonyl (C=O) groups excluding carboxylic acids is 1. The summed E-state index contributed by atoms with van der Waals surface area (Å²) in [6.45, 7) is 0. The lowest BCUT2D eigenvalue weighted by molar-refractivity contribution is -0.384. The number of nitro benzene ring substituents is 1. The van der Waals surface area contributed by atoms with Crippen molar-refractivity contribution in [3.8, 4) is 0 Å². The standard InChI is InChI=1S/C13H9N3O3/c17-9-10-1-3-11(4-2-10)14-15-12-5-7-13(8-6-12)16(18)19/h1-9H. The van der Waals surface area contributed by atoms with Crippen molar-refractivity contribution >= 4 is 23.3 Å². The molecule has 0 amide bonds. The lowest BCUT2D eigenvalue weighted by Crippen LogP contribution is -1.85. The third-order valence-electron chi connectivity index (χ3n) is 2.37. The van der Waals surface area contributed by atoms with E-state index in [1.54, 1.807) is 24.3 Å². The lowest BCUT2D eigenvalue weighted by atomic mass is 10.2. The van der Waals surface area contributed by atoms with Crippen LogP contribution in [0.5, 0.6) is 0 Å². The van der Waals surface area contributed by atoms with Crippen LogP contribution in [0, 0.1) is 10.1 Å². The normalized spacial score (nSPS) is 10.5. The Kier molecular flexibility index (Phi) is 3.72. The highest BCUT2D eigenvalue weighted by Crippen LogP contribution is 2.21. The highest BCUT2D eigenvalue weighted by molar-refractivity contribution is 5.75. The van der Waals surface area contributed by atoms with Gasteiger partial charge in [-0.25, -0.2) is 0 Å². The van der Waals surface area contributed by atoms with Gasteiger partial charge in [-0.1, -0.05) is 0 Å². The smallest absolute Gasteiger partial charge is 0.269 e. The van der Waals surface area contributed by atoms with Gasteiger partial charge in [0.15, 0.2) is 0 Å². The first kappa shape index (κ1) is 12.6. The van der Waals surface area contributed by atoms with E-state index in [9.17, 15) is 14.9 Å². The van der Waals surface area contributed by atoms with E-state index in [2.05, 4.69) is 10.2 Å². The molecule has 0 bridgehead atoms. The number of aldehydes is 1. The summed E-state index contributed by atoms with van der Waals surface area (Å²) >= 11 is 0. The van der Waals surface area contributed by atoms with Crippen LogP contribution in [0.25, 0.3) is 0 Å². The fraction of sp³-hybridized carbons (Fsp3) is 0. The van der Waals surface area contributed by atoms with Gasteiger partial charge in [0.2, 0.25) is 0 Å². The average Bonchev–Trinajstić information content (AvgIpc) is 2.46. The molecule has 0 fully saturated rings. The van der Waals surface area contributed by atoms with Gasteiger partial charge in [-0.3, -0.25) is 14.9 Å². The van der Waals surface area contributed by atoms with Gasteiger partial charge in [0.25, 0.3) is 5.69 Å². The van der Waals surface area contributed by atoms with Gasteiger partial charge >= 0.3 is 0 Å². The number of hydrogen-bond acceptors (Lipinski definition) is 5. The van der Waals surface area contributed by atoms with Crippen molar-refractivity contribution in [2.24, 2.45) is 10.2 Å². The molecule has 0 heterocycles. The van der Waals surface area contributed by atoms with Gasteiger partial charge < -0.3 is 0 Å². The van der Waals surface area contributed by atoms with E-state index >= 15 is 0 Å². The quantitative estimate of drug-likeness (QED) is 0.360. The molecular weight excluding hydrogens is 246 g/mol. The second-order valence-corrected chi connectivity index (χ2v) is 3.68. The fourth-order valence-electron chi connectivity index (χ4n) is 1.38. The minimum Gasteiger partial charge on any atom is -0.298 e. The molecule has 0 N–H and O–H groups in total. The van der Waals surface area contributed by atoms with E-state index < -0.39 is 4.92 Å². The van der Waals surface area contributed by atoms with Crippen LogP contribution < -0.4 is 0 Å². The molecule has 0 atom stereocenters. The zero-order valence-electron chi connectivity index (χ0n) is 9.76. The molecule has 0 aliphatic rings. The van der Waals surface area contributed by atoms with Crippen molar-refractivity contribution in [1.82, 2.24) is 0 Å². The number of non-ortho nitro benzene ring substituents is 1. The van der Waals surface area contributed by atoms with Gasteiger partial charge in [-0.2, -0.15) is 10.2 Å². The summed E-state index contributed by atoms with van der Waals surface area (Å²) in [4.78, 5) is 20.5. The van der Waals surface area contributed by atoms with Crippen LogP contribution in [0.15, 0.2) is 58.8 Å². The number of azo groups is 1. The number of nitrogens with zero attached hydrogens (tertiary/aromatic N) is 3. The van der Waals surface area contributed by atoms with E-state index in [4.69, 9.17) is 0 Å².